The quantitative estimate of drug-likeness (QED) is 0.686. The van der Waals surface area contributed by atoms with E-state index in [4.69, 9.17) is 23.2 Å². The van der Waals surface area contributed by atoms with Crippen molar-refractivity contribution in [1.29, 1.82) is 0 Å². The molecular weight excluding hydrogens is 395 g/mol. The molecule has 0 bridgehead atoms. The van der Waals surface area contributed by atoms with Crippen molar-refractivity contribution in [1.82, 2.24) is 15.6 Å². The Kier molecular flexibility index (Phi) is 7.40. The largest absolute Gasteiger partial charge is 0.357 e. The summed E-state index contributed by atoms with van der Waals surface area (Å²) in [6.45, 7) is 4.46. The molecule has 0 radical (unpaired) electrons. The van der Waals surface area contributed by atoms with Crippen LogP contribution in [0, 0.1) is 0 Å². The van der Waals surface area contributed by atoms with Crippen LogP contribution in [-0.4, -0.2) is 24.1 Å². The Morgan fingerprint density at radius 1 is 1.11 bits per heavy atom. The minimum Gasteiger partial charge on any atom is -0.357 e. The number of carbonyl (C=O) groups is 1. The SMILES string of the molecule is CC(NC(=O)NCc1ccc(N2CCCCCC2)nc1)c1ccc(Cl)c(Cl)c1. The van der Waals surface area contributed by atoms with E-state index < -0.39 is 0 Å². The van der Waals surface area contributed by atoms with Gasteiger partial charge in [0.25, 0.3) is 0 Å². The lowest BCUT2D eigenvalue weighted by molar-refractivity contribution is 0.237. The molecule has 2 amide bonds. The first-order valence-electron chi connectivity index (χ1n) is 9.72. The lowest BCUT2D eigenvalue weighted by Crippen LogP contribution is -2.36. The van der Waals surface area contributed by atoms with Crippen LogP contribution in [0.15, 0.2) is 36.5 Å². The number of nitrogens with one attached hydrogen (secondary N) is 2. The zero-order valence-electron chi connectivity index (χ0n) is 16.0. The Balaban J connectivity index is 1.49. The summed E-state index contributed by atoms with van der Waals surface area (Å²) in [6.07, 6.45) is 6.88. The Labute approximate surface area is 176 Å². The van der Waals surface area contributed by atoms with Gasteiger partial charge < -0.3 is 15.5 Å². The molecule has 0 saturated carbocycles. The highest BCUT2D eigenvalue weighted by Gasteiger charge is 2.12. The fraction of sp³-hybridized carbons (Fsp3) is 0.429. The summed E-state index contributed by atoms with van der Waals surface area (Å²) >= 11 is 12.0. The number of rotatable bonds is 5. The fourth-order valence-electron chi connectivity index (χ4n) is 3.30. The molecule has 3 rings (SSSR count). The van der Waals surface area contributed by atoms with Gasteiger partial charge in [0.1, 0.15) is 5.82 Å². The molecule has 7 heteroatoms. The van der Waals surface area contributed by atoms with Gasteiger partial charge in [0.05, 0.1) is 16.1 Å². The summed E-state index contributed by atoms with van der Waals surface area (Å²) in [4.78, 5) is 19.1. The van der Waals surface area contributed by atoms with Crippen molar-refractivity contribution in [2.45, 2.75) is 45.2 Å². The summed E-state index contributed by atoms with van der Waals surface area (Å²) in [5.41, 5.74) is 1.86. The Morgan fingerprint density at radius 2 is 1.86 bits per heavy atom. The van der Waals surface area contributed by atoms with Crippen molar-refractivity contribution in [3.8, 4) is 0 Å². The summed E-state index contributed by atoms with van der Waals surface area (Å²) < 4.78 is 0. The van der Waals surface area contributed by atoms with E-state index in [2.05, 4.69) is 20.5 Å². The van der Waals surface area contributed by atoms with Crippen LogP contribution in [0.25, 0.3) is 0 Å². The number of hydrogen-bond donors (Lipinski definition) is 2. The second kappa shape index (κ2) is 9.99. The number of anilines is 1. The van der Waals surface area contributed by atoms with Gasteiger partial charge >= 0.3 is 6.03 Å². The van der Waals surface area contributed by atoms with Crippen molar-refractivity contribution in [3.63, 3.8) is 0 Å². The highest BCUT2D eigenvalue weighted by Crippen LogP contribution is 2.25. The minimum absolute atomic E-state index is 0.182. The maximum Gasteiger partial charge on any atom is 0.315 e. The summed E-state index contributed by atoms with van der Waals surface area (Å²) in [5.74, 6) is 1.02. The topological polar surface area (TPSA) is 57.3 Å². The Morgan fingerprint density at radius 3 is 2.50 bits per heavy atom. The van der Waals surface area contributed by atoms with E-state index in [9.17, 15) is 4.79 Å². The second-order valence-electron chi connectivity index (χ2n) is 7.15. The molecule has 1 aliphatic rings. The molecule has 1 aromatic heterocycles. The van der Waals surface area contributed by atoms with Crippen LogP contribution in [0.2, 0.25) is 10.0 Å². The van der Waals surface area contributed by atoms with E-state index in [0.29, 0.717) is 16.6 Å². The van der Waals surface area contributed by atoms with Gasteiger partial charge in [0, 0.05) is 25.8 Å². The smallest absolute Gasteiger partial charge is 0.315 e. The van der Waals surface area contributed by atoms with Crippen LogP contribution in [-0.2, 0) is 6.54 Å². The lowest BCUT2D eigenvalue weighted by Gasteiger charge is -2.21. The highest BCUT2D eigenvalue weighted by atomic mass is 35.5. The molecule has 0 spiro atoms. The van der Waals surface area contributed by atoms with E-state index >= 15 is 0 Å². The number of nitrogens with zero attached hydrogens (tertiary/aromatic N) is 2. The van der Waals surface area contributed by atoms with Gasteiger partial charge in [0.2, 0.25) is 0 Å². The standard InChI is InChI=1S/C21H26Cl2N4O/c1-15(17-7-8-18(22)19(23)12-17)26-21(28)25-14-16-6-9-20(24-13-16)27-10-4-2-3-5-11-27/h6-9,12-13,15H,2-5,10-11,14H2,1H3,(H2,25,26,28). The number of hydrogen-bond acceptors (Lipinski definition) is 3. The van der Waals surface area contributed by atoms with Crippen molar-refractivity contribution in [2.75, 3.05) is 18.0 Å². The van der Waals surface area contributed by atoms with Crippen LogP contribution in [0.3, 0.4) is 0 Å². The molecule has 1 fully saturated rings. The molecule has 1 aromatic carbocycles. The maximum absolute atomic E-state index is 12.2. The highest BCUT2D eigenvalue weighted by molar-refractivity contribution is 6.42. The first kappa shape index (κ1) is 20.7. The number of benzene rings is 1. The van der Waals surface area contributed by atoms with Crippen molar-refractivity contribution < 1.29 is 4.79 Å². The van der Waals surface area contributed by atoms with Gasteiger partial charge in [-0.25, -0.2) is 9.78 Å². The molecule has 2 aromatic rings. The third kappa shape index (κ3) is 5.76. The van der Waals surface area contributed by atoms with Crippen molar-refractivity contribution in [3.05, 3.63) is 57.7 Å². The van der Waals surface area contributed by atoms with Gasteiger partial charge in [0.15, 0.2) is 0 Å². The molecule has 2 heterocycles. The van der Waals surface area contributed by atoms with E-state index in [1.54, 1.807) is 12.1 Å². The molecule has 0 aliphatic carbocycles. The van der Waals surface area contributed by atoms with Crippen LogP contribution in [0.1, 0.15) is 49.8 Å². The number of aromatic nitrogens is 1. The average molecular weight is 421 g/mol. The number of urea groups is 1. The second-order valence-corrected chi connectivity index (χ2v) is 7.96. The first-order valence-corrected chi connectivity index (χ1v) is 10.5. The van der Waals surface area contributed by atoms with Gasteiger partial charge in [-0.3, -0.25) is 0 Å². The molecule has 5 nitrogen and oxygen atoms in total. The van der Waals surface area contributed by atoms with Gasteiger partial charge in [-0.05, 0) is 49.1 Å². The zero-order valence-corrected chi connectivity index (χ0v) is 17.6. The van der Waals surface area contributed by atoms with E-state index in [0.717, 1.165) is 30.0 Å². The van der Waals surface area contributed by atoms with Crippen LogP contribution < -0.4 is 15.5 Å². The molecule has 2 N–H and O–H groups in total. The first-order chi connectivity index (χ1) is 13.5. The molecular formula is C21H26Cl2N4O. The number of pyridine rings is 1. The van der Waals surface area contributed by atoms with Crippen molar-refractivity contribution in [2.24, 2.45) is 0 Å². The van der Waals surface area contributed by atoms with Crippen molar-refractivity contribution >= 4 is 35.1 Å². The van der Waals surface area contributed by atoms with Gasteiger partial charge in [-0.1, -0.05) is 48.2 Å². The van der Waals surface area contributed by atoms with Gasteiger partial charge in [-0.2, -0.15) is 0 Å². The predicted molar refractivity (Wildman–Crippen MR) is 115 cm³/mol. The Bertz CT molecular complexity index is 789. The third-order valence-electron chi connectivity index (χ3n) is 4.98. The monoisotopic (exact) mass is 420 g/mol. The minimum atomic E-state index is -0.241. The normalized spacial score (nSPS) is 15.6. The number of amides is 2. The molecule has 28 heavy (non-hydrogen) atoms. The third-order valence-corrected chi connectivity index (χ3v) is 5.72. The van der Waals surface area contributed by atoms with E-state index in [1.165, 1.54) is 25.7 Å². The zero-order chi connectivity index (χ0) is 19.9. The predicted octanol–water partition coefficient (Wildman–Crippen LogP) is 5.33. The van der Waals surface area contributed by atoms with E-state index in [-0.39, 0.29) is 12.1 Å². The molecule has 1 unspecified atom stereocenters. The molecule has 150 valence electrons. The summed E-state index contributed by atoms with van der Waals surface area (Å²) in [5, 5.41) is 6.75. The van der Waals surface area contributed by atoms with Gasteiger partial charge in [-0.15, -0.1) is 0 Å². The summed E-state index contributed by atoms with van der Waals surface area (Å²) in [6, 6.07) is 8.99. The van der Waals surface area contributed by atoms with Crippen LogP contribution in [0.4, 0.5) is 10.6 Å². The van der Waals surface area contributed by atoms with E-state index in [1.807, 2.05) is 31.3 Å². The Hall–Kier alpha value is -1.98. The maximum atomic E-state index is 12.2. The lowest BCUT2D eigenvalue weighted by atomic mass is 10.1. The molecule has 1 atom stereocenters. The summed E-state index contributed by atoms with van der Waals surface area (Å²) in [7, 11) is 0. The number of halogens is 2. The number of carbonyl (C=O) groups excluding carboxylic acids is 1. The fourth-order valence-corrected chi connectivity index (χ4v) is 3.61. The van der Waals surface area contributed by atoms with Crippen LogP contribution in [0.5, 0.6) is 0 Å². The molecule has 1 aliphatic heterocycles. The van der Waals surface area contributed by atoms with Crippen LogP contribution >= 0.6 is 23.2 Å². The average Bonchev–Trinajstić information content (AvgIpc) is 2.98. The molecule has 1 saturated heterocycles.